The van der Waals surface area contributed by atoms with Crippen LogP contribution in [0.4, 0.5) is 0 Å². The molecule has 1 rings (SSSR count). The van der Waals surface area contributed by atoms with E-state index in [1.807, 2.05) is 6.92 Å². The number of aliphatic hydroxyl groups excluding tert-OH is 1. The van der Waals surface area contributed by atoms with Gasteiger partial charge in [0.15, 0.2) is 0 Å². The van der Waals surface area contributed by atoms with Crippen LogP contribution in [0.1, 0.15) is 31.6 Å². The Morgan fingerprint density at radius 1 is 1.22 bits per heavy atom. The molecule has 0 spiro atoms. The highest BCUT2D eigenvalue weighted by molar-refractivity contribution is 5.24. The van der Waals surface area contributed by atoms with E-state index in [-0.39, 0.29) is 12.0 Å². The van der Waals surface area contributed by atoms with Crippen molar-refractivity contribution >= 4 is 0 Å². The number of ether oxygens (including phenoxy) is 3. The van der Waals surface area contributed by atoms with Crippen LogP contribution in [0.2, 0.25) is 0 Å². The number of aromatic nitrogens is 2. The van der Waals surface area contributed by atoms with Crippen molar-refractivity contribution in [2.75, 3.05) is 21.3 Å². The second-order valence-electron chi connectivity index (χ2n) is 3.95. The minimum absolute atomic E-state index is 0.0943. The van der Waals surface area contributed by atoms with E-state index in [0.29, 0.717) is 18.0 Å². The van der Waals surface area contributed by atoms with E-state index in [1.165, 1.54) is 20.4 Å². The molecule has 0 aromatic carbocycles. The zero-order valence-corrected chi connectivity index (χ0v) is 11.2. The van der Waals surface area contributed by atoms with Gasteiger partial charge in [-0.1, -0.05) is 0 Å². The number of hydrogen-bond donors (Lipinski definition) is 1. The van der Waals surface area contributed by atoms with E-state index in [0.717, 1.165) is 6.42 Å². The fraction of sp³-hybridized carbons (Fsp3) is 0.667. The summed E-state index contributed by atoms with van der Waals surface area (Å²) in [6.07, 6.45) is 2.09. The van der Waals surface area contributed by atoms with Gasteiger partial charge in [-0.25, -0.2) is 4.98 Å². The molecule has 1 aromatic heterocycles. The minimum Gasteiger partial charge on any atom is -0.480 e. The predicted octanol–water partition coefficient (Wildman–Crippen LogP) is 1.34. The summed E-state index contributed by atoms with van der Waals surface area (Å²) in [6.45, 7) is 1.95. The third kappa shape index (κ3) is 3.82. The van der Waals surface area contributed by atoms with E-state index in [1.54, 1.807) is 7.11 Å². The summed E-state index contributed by atoms with van der Waals surface area (Å²) < 4.78 is 15.2. The van der Waals surface area contributed by atoms with Gasteiger partial charge in [0.05, 0.1) is 26.5 Å². The van der Waals surface area contributed by atoms with Gasteiger partial charge in [0.1, 0.15) is 11.8 Å². The zero-order chi connectivity index (χ0) is 13.5. The third-order valence-electron chi connectivity index (χ3n) is 2.71. The maximum Gasteiger partial charge on any atom is 0.241 e. The molecule has 6 heteroatoms. The van der Waals surface area contributed by atoms with Crippen LogP contribution >= 0.6 is 0 Å². The van der Waals surface area contributed by atoms with E-state index < -0.39 is 6.10 Å². The molecule has 102 valence electrons. The van der Waals surface area contributed by atoms with Crippen LogP contribution in [0.3, 0.4) is 0 Å². The molecule has 0 aliphatic heterocycles. The molecule has 0 aliphatic carbocycles. The van der Waals surface area contributed by atoms with E-state index in [4.69, 9.17) is 14.2 Å². The van der Waals surface area contributed by atoms with Crippen molar-refractivity contribution in [3.8, 4) is 11.8 Å². The number of rotatable bonds is 7. The topological polar surface area (TPSA) is 73.7 Å². The van der Waals surface area contributed by atoms with Gasteiger partial charge in [-0.15, -0.1) is 0 Å². The van der Waals surface area contributed by atoms with Gasteiger partial charge in [-0.05, 0) is 19.8 Å². The molecular formula is C12H20N2O4. The van der Waals surface area contributed by atoms with E-state index in [2.05, 4.69) is 9.97 Å². The third-order valence-corrected chi connectivity index (χ3v) is 2.71. The standard InChI is InChI=1S/C12H20N2O4/c1-8(16-2)5-6-9(15)11-12(18-4)14-10(17-3)7-13-11/h7-9,15H,5-6H2,1-4H3. The molecule has 0 aliphatic rings. The van der Waals surface area contributed by atoms with Crippen LogP contribution in [0.25, 0.3) is 0 Å². The summed E-state index contributed by atoms with van der Waals surface area (Å²) in [7, 11) is 4.63. The van der Waals surface area contributed by atoms with Gasteiger partial charge in [0.25, 0.3) is 0 Å². The Kier molecular flexibility index (Phi) is 5.80. The monoisotopic (exact) mass is 256 g/mol. The summed E-state index contributed by atoms with van der Waals surface area (Å²) in [5.74, 6) is 0.639. The maximum absolute atomic E-state index is 10.1. The van der Waals surface area contributed by atoms with Gasteiger partial charge in [-0.2, -0.15) is 4.98 Å². The van der Waals surface area contributed by atoms with Crippen LogP contribution < -0.4 is 9.47 Å². The van der Waals surface area contributed by atoms with Gasteiger partial charge >= 0.3 is 0 Å². The Hall–Kier alpha value is -1.40. The lowest BCUT2D eigenvalue weighted by molar-refractivity contribution is 0.0827. The largest absolute Gasteiger partial charge is 0.480 e. The molecule has 0 amide bonds. The molecular weight excluding hydrogens is 236 g/mol. The molecule has 1 heterocycles. The van der Waals surface area contributed by atoms with Crippen molar-refractivity contribution < 1.29 is 19.3 Å². The lowest BCUT2D eigenvalue weighted by Crippen LogP contribution is -2.10. The molecule has 18 heavy (non-hydrogen) atoms. The highest BCUT2D eigenvalue weighted by Crippen LogP contribution is 2.26. The average Bonchev–Trinajstić information content (AvgIpc) is 2.43. The number of nitrogens with zero attached hydrogens (tertiary/aromatic N) is 2. The van der Waals surface area contributed by atoms with Crippen LogP contribution in [0.5, 0.6) is 11.8 Å². The molecule has 0 saturated carbocycles. The summed E-state index contributed by atoms with van der Waals surface area (Å²) in [5.41, 5.74) is 0.418. The highest BCUT2D eigenvalue weighted by Gasteiger charge is 2.18. The van der Waals surface area contributed by atoms with E-state index in [9.17, 15) is 5.11 Å². The van der Waals surface area contributed by atoms with Gasteiger partial charge < -0.3 is 19.3 Å². The molecule has 2 atom stereocenters. The summed E-state index contributed by atoms with van der Waals surface area (Å²) in [6, 6.07) is 0. The van der Waals surface area contributed by atoms with Crippen molar-refractivity contribution in [1.29, 1.82) is 0 Å². The quantitative estimate of drug-likeness (QED) is 0.793. The number of hydrogen-bond acceptors (Lipinski definition) is 6. The first-order valence-corrected chi connectivity index (χ1v) is 5.78. The van der Waals surface area contributed by atoms with Gasteiger partial charge in [0, 0.05) is 7.11 Å². The summed E-state index contributed by atoms with van der Waals surface area (Å²) >= 11 is 0. The molecule has 1 aromatic rings. The first-order chi connectivity index (χ1) is 8.62. The normalized spacial score (nSPS) is 14.1. The van der Waals surface area contributed by atoms with E-state index >= 15 is 0 Å². The molecule has 6 nitrogen and oxygen atoms in total. The molecule has 0 bridgehead atoms. The Bertz CT molecular complexity index is 373. The Morgan fingerprint density at radius 3 is 2.50 bits per heavy atom. The lowest BCUT2D eigenvalue weighted by Gasteiger charge is -2.15. The molecule has 0 saturated heterocycles. The number of aliphatic hydroxyl groups is 1. The van der Waals surface area contributed by atoms with Crippen LogP contribution in [-0.2, 0) is 4.74 Å². The fourth-order valence-electron chi connectivity index (χ4n) is 1.49. The summed E-state index contributed by atoms with van der Waals surface area (Å²) in [5, 5.41) is 10.1. The second-order valence-corrected chi connectivity index (χ2v) is 3.95. The average molecular weight is 256 g/mol. The van der Waals surface area contributed by atoms with Crippen molar-refractivity contribution in [2.24, 2.45) is 0 Å². The smallest absolute Gasteiger partial charge is 0.241 e. The van der Waals surface area contributed by atoms with Gasteiger partial charge in [0.2, 0.25) is 11.8 Å². The molecule has 2 unspecified atom stereocenters. The van der Waals surface area contributed by atoms with Gasteiger partial charge in [-0.3, -0.25) is 0 Å². The van der Waals surface area contributed by atoms with Crippen molar-refractivity contribution in [1.82, 2.24) is 9.97 Å². The van der Waals surface area contributed by atoms with Crippen LogP contribution in [-0.4, -0.2) is 42.5 Å². The Morgan fingerprint density at radius 2 is 1.94 bits per heavy atom. The molecule has 1 N–H and O–H groups in total. The zero-order valence-electron chi connectivity index (χ0n) is 11.2. The maximum atomic E-state index is 10.1. The molecule has 0 fully saturated rings. The predicted molar refractivity (Wildman–Crippen MR) is 65.8 cm³/mol. The summed E-state index contributed by atoms with van der Waals surface area (Å²) in [4.78, 5) is 8.20. The lowest BCUT2D eigenvalue weighted by atomic mass is 10.1. The highest BCUT2D eigenvalue weighted by atomic mass is 16.5. The van der Waals surface area contributed by atoms with Crippen molar-refractivity contribution in [3.63, 3.8) is 0 Å². The molecule has 0 radical (unpaired) electrons. The Balaban J connectivity index is 2.75. The van der Waals surface area contributed by atoms with Crippen LogP contribution in [0.15, 0.2) is 6.20 Å². The first-order valence-electron chi connectivity index (χ1n) is 5.78. The Labute approximate surface area is 107 Å². The SMILES string of the molecule is COc1cnc(C(O)CCC(C)OC)c(OC)n1. The van der Waals surface area contributed by atoms with Crippen molar-refractivity contribution in [2.45, 2.75) is 32.0 Å². The second kappa shape index (κ2) is 7.13. The number of methoxy groups -OCH3 is 3. The fourth-order valence-corrected chi connectivity index (χ4v) is 1.49. The minimum atomic E-state index is -0.726. The first kappa shape index (κ1) is 14.7. The van der Waals surface area contributed by atoms with Crippen LogP contribution in [0, 0.1) is 0 Å². The van der Waals surface area contributed by atoms with Crippen molar-refractivity contribution in [3.05, 3.63) is 11.9 Å².